The molecule has 0 saturated carbocycles. The van der Waals surface area contributed by atoms with E-state index in [1.807, 2.05) is 0 Å². The smallest absolute Gasteiger partial charge is 0.261 e. The predicted octanol–water partition coefficient (Wildman–Crippen LogP) is 3.76. The van der Waals surface area contributed by atoms with Gasteiger partial charge in [0.2, 0.25) is 0 Å². The van der Waals surface area contributed by atoms with Crippen molar-refractivity contribution < 1.29 is 13.6 Å². The zero-order chi connectivity index (χ0) is 14.9. The highest BCUT2D eigenvalue weighted by atomic mass is 35.5. The Morgan fingerprint density at radius 1 is 1.25 bits per heavy atom. The second kappa shape index (κ2) is 5.46. The molecule has 0 aliphatic rings. The van der Waals surface area contributed by atoms with Crippen molar-refractivity contribution in [1.82, 2.24) is 0 Å². The van der Waals surface area contributed by atoms with E-state index in [9.17, 15) is 13.6 Å². The summed E-state index contributed by atoms with van der Waals surface area (Å²) in [6.45, 7) is 1.44. The molecular formula is C14H11ClF2N2O. The quantitative estimate of drug-likeness (QED) is 0.829. The minimum Gasteiger partial charge on any atom is -0.397 e. The number of rotatable bonds is 2. The number of carbonyl (C=O) groups is 1. The molecule has 2 rings (SSSR count). The Labute approximate surface area is 119 Å². The number of carbonyl (C=O) groups excluding carboxylic acids is 1. The van der Waals surface area contributed by atoms with E-state index in [4.69, 9.17) is 17.3 Å². The van der Waals surface area contributed by atoms with Crippen LogP contribution in [0, 0.1) is 18.6 Å². The van der Waals surface area contributed by atoms with Crippen molar-refractivity contribution in [1.29, 1.82) is 0 Å². The maximum Gasteiger partial charge on any atom is 0.261 e. The van der Waals surface area contributed by atoms with Gasteiger partial charge in [0.25, 0.3) is 5.91 Å². The standard InChI is InChI=1S/C14H11ClF2N2O/c1-7-5-6-9(16)11(12(7)17)14(20)19-13-8(15)3-2-4-10(13)18/h2-6H,18H2,1H3,(H,19,20). The van der Waals surface area contributed by atoms with E-state index in [-0.39, 0.29) is 22.0 Å². The molecule has 104 valence electrons. The summed E-state index contributed by atoms with van der Waals surface area (Å²) in [5, 5.41) is 2.51. The first-order valence-corrected chi connectivity index (χ1v) is 6.09. The van der Waals surface area contributed by atoms with E-state index in [1.165, 1.54) is 25.1 Å². The van der Waals surface area contributed by atoms with Crippen LogP contribution in [0.3, 0.4) is 0 Å². The van der Waals surface area contributed by atoms with E-state index >= 15 is 0 Å². The Morgan fingerprint density at radius 3 is 2.60 bits per heavy atom. The van der Waals surface area contributed by atoms with E-state index in [0.29, 0.717) is 0 Å². The zero-order valence-electron chi connectivity index (χ0n) is 10.5. The van der Waals surface area contributed by atoms with Crippen molar-refractivity contribution in [2.75, 3.05) is 11.1 Å². The summed E-state index contributed by atoms with van der Waals surface area (Å²) in [7, 11) is 0. The first-order chi connectivity index (χ1) is 9.41. The molecule has 0 saturated heterocycles. The second-order valence-corrected chi connectivity index (χ2v) is 4.62. The highest BCUT2D eigenvalue weighted by Crippen LogP contribution is 2.29. The van der Waals surface area contributed by atoms with Crippen LogP contribution >= 0.6 is 11.6 Å². The topological polar surface area (TPSA) is 55.1 Å². The van der Waals surface area contributed by atoms with Gasteiger partial charge in [-0.1, -0.05) is 23.7 Å². The first-order valence-electron chi connectivity index (χ1n) is 5.71. The van der Waals surface area contributed by atoms with Crippen LogP contribution in [0.15, 0.2) is 30.3 Å². The van der Waals surface area contributed by atoms with E-state index in [2.05, 4.69) is 5.32 Å². The Balaban J connectivity index is 2.41. The molecule has 1 amide bonds. The maximum atomic E-state index is 13.9. The highest BCUT2D eigenvalue weighted by Gasteiger charge is 2.20. The van der Waals surface area contributed by atoms with Gasteiger partial charge in [-0.05, 0) is 30.7 Å². The predicted molar refractivity (Wildman–Crippen MR) is 74.9 cm³/mol. The van der Waals surface area contributed by atoms with Crippen LogP contribution in [-0.4, -0.2) is 5.91 Å². The summed E-state index contributed by atoms with van der Waals surface area (Å²) < 4.78 is 27.5. The third-order valence-corrected chi connectivity index (χ3v) is 3.11. The van der Waals surface area contributed by atoms with E-state index in [0.717, 1.165) is 6.07 Å². The summed E-state index contributed by atoms with van der Waals surface area (Å²) >= 11 is 5.89. The molecule has 0 heterocycles. The molecule has 6 heteroatoms. The molecule has 2 aromatic carbocycles. The number of para-hydroxylation sites is 1. The molecule has 0 radical (unpaired) electrons. The number of halogens is 3. The largest absolute Gasteiger partial charge is 0.397 e. The lowest BCUT2D eigenvalue weighted by Gasteiger charge is -2.11. The molecular weight excluding hydrogens is 286 g/mol. The number of nitrogens with two attached hydrogens (primary N) is 1. The molecule has 0 bridgehead atoms. The number of amides is 1. The van der Waals surface area contributed by atoms with E-state index in [1.54, 1.807) is 6.07 Å². The van der Waals surface area contributed by atoms with Crippen LogP contribution < -0.4 is 11.1 Å². The Kier molecular flexibility index (Phi) is 3.90. The van der Waals surface area contributed by atoms with Gasteiger partial charge in [-0.2, -0.15) is 0 Å². The van der Waals surface area contributed by atoms with Crippen LogP contribution in [0.5, 0.6) is 0 Å². The summed E-state index contributed by atoms with van der Waals surface area (Å²) in [5.41, 5.74) is 5.51. The second-order valence-electron chi connectivity index (χ2n) is 4.21. The van der Waals surface area contributed by atoms with Gasteiger partial charge < -0.3 is 11.1 Å². The average molecular weight is 297 g/mol. The van der Waals surface area contributed by atoms with Crippen molar-refractivity contribution in [2.24, 2.45) is 0 Å². The molecule has 0 unspecified atom stereocenters. The zero-order valence-corrected chi connectivity index (χ0v) is 11.3. The lowest BCUT2D eigenvalue weighted by atomic mass is 10.1. The van der Waals surface area contributed by atoms with Gasteiger partial charge in [0.05, 0.1) is 16.4 Å². The Morgan fingerprint density at radius 2 is 1.95 bits per heavy atom. The van der Waals surface area contributed by atoms with Crippen molar-refractivity contribution in [2.45, 2.75) is 6.92 Å². The molecule has 3 nitrogen and oxygen atoms in total. The summed E-state index contributed by atoms with van der Waals surface area (Å²) in [6.07, 6.45) is 0. The molecule has 20 heavy (non-hydrogen) atoms. The summed E-state index contributed by atoms with van der Waals surface area (Å²) in [5.74, 6) is -2.80. The summed E-state index contributed by atoms with van der Waals surface area (Å²) in [6, 6.07) is 6.91. The van der Waals surface area contributed by atoms with Crippen molar-refractivity contribution >= 4 is 28.9 Å². The molecule has 0 aliphatic heterocycles. The summed E-state index contributed by atoms with van der Waals surface area (Å²) in [4.78, 5) is 12.0. The SMILES string of the molecule is Cc1ccc(F)c(C(=O)Nc2c(N)cccc2Cl)c1F. The van der Waals surface area contributed by atoms with Crippen LogP contribution in [-0.2, 0) is 0 Å². The van der Waals surface area contributed by atoms with Crippen LogP contribution in [0.2, 0.25) is 5.02 Å². The molecule has 0 spiro atoms. The third-order valence-electron chi connectivity index (χ3n) is 2.80. The van der Waals surface area contributed by atoms with Crippen molar-refractivity contribution in [3.8, 4) is 0 Å². The number of anilines is 2. The monoisotopic (exact) mass is 296 g/mol. The van der Waals surface area contributed by atoms with Crippen molar-refractivity contribution in [3.63, 3.8) is 0 Å². The van der Waals surface area contributed by atoms with Gasteiger partial charge in [-0.15, -0.1) is 0 Å². The molecule has 0 atom stereocenters. The Hall–Kier alpha value is -2.14. The molecule has 2 aromatic rings. The number of nitrogens with one attached hydrogen (secondary N) is 1. The average Bonchev–Trinajstić information content (AvgIpc) is 2.39. The normalized spacial score (nSPS) is 10.4. The number of benzene rings is 2. The number of hydrogen-bond acceptors (Lipinski definition) is 2. The van der Waals surface area contributed by atoms with Gasteiger partial charge in [-0.3, -0.25) is 4.79 Å². The maximum absolute atomic E-state index is 13.9. The fourth-order valence-corrected chi connectivity index (χ4v) is 1.94. The lowest BCUT2D eigenvalue weighted by molar-refractivity contribution is 0.101. The van der Waals surface area contributed by atoms with Crippen LogP contribution in [0.1, 0.15) is 15.9 Å². The van der Waals surface area contributed by atoms with Gasteiger partial charge in [0.15, 0.2) is 0 Å². The molecule has 0 aromatic heterocycles. The van der Waals surface area contributed by atoms with Crippen LogP contribution in [0.4, 0.5) is 20.2 Å². The third kappa shape index (κ3) is 2.58. The van der Waals surface area contributed by atoms with Crippen molar-refractivity contribution in [3.05, 3.63) is 58.1 Å². The molecule has 0 fully saturated rings. The highest BCUT2D eigenvalue weighted by molar-refractivity contribution is 6.34. The first kappa shape index (κ1) is 14.3. The minimum atomic E-state index is -0.948. The van der Waals surface area contributed by atoms with Gasteiger partial charge in [0, 0.05) is 0 Å². The van der Waals surface area contributed by atoms with Gasteiger partial charge in [-0.25, -0.2) is 8.78 Å². The fourth-order valence-electron chi connectivity index (χ4n) is 1.71. The van der Waals surface area contributed by atoms with E-state index < -0.39 is 23.1 Å². The minimum absolute atomic E-state index is 0.125. The van der Waals surface area contributed by atoms with Gasteiger partial charge >= 0.3 is 0 Å². The van der Waals surface area contributed by atoms with Crippen LogP contribution in [0.25, 0.3) is 0 Å². The molecule has 0 aliphatic carbocycles. The lowest BCUT2D eigenvalue weighted by Crippen LogP contribution is -2.17. The Bertz CT molecular complexity index is 669. The number of nitrogen functional groups attached to an aromatic ring is 1. The fraction of sp³-hybridized carbons (Fsp3) is 0.0714. The molecule has 3 N–H and O–H groups in total. The number of hydrogen-bond donors (Lipinski definition) is 2. The number of aryl methyl sites for hydroxylation is 1. The van der Waals surface area contributed by atoms with Gasteiger partial charge in [0.1, 0.15) is 17.2 Å².